The topological polar surface area (TPSA) is 55.7 Å². The van der Waals surface area contributed by atoms with Crippen molar-refractivity contribution in [3.8, 4) is 0 Å². The zero-order valence-corrected chi connectivity index (χ0v) is 19.4. The first-order valence-corrected chi connectivity index (χ1v) is 12.7. The van der Waals surface area contributed by atoms with Gasteiger partial charge in [0, 0.05) is 19.0 Å². The number of aliphatic hydroxyl groups excluding tert-OH is 2. The highest BCUT2D eigenvalue weighted by Gasteiger charge is 2.43. The van der Waals surface area contributed by atoms with Crippen LogP contribution in [0.3, 0.4) is 0 Å². The van der Waals surface area contributed by atoms with Crippen LogP contribution in [0.4, 0.5) is 0 Å². The molecule has 0 bridgehead atoms. The molecule has 1 heterocycles. The van der Waals surface area contributed by atoms with Crippen LogP contribution in [0.5, 0.6) is 0 Å². The smallest absolute Gasteiger partial charge is 0.0723 e. The second-order valence-electron chi connectivity index (χ2n) is 10.2. The maximum atomic E-state index is 10.6. The largest absolute Gasteiger partial charge is 0.392 e. The summed E-state index contributed by atoms with van der Waals surface area (Å²) in [5.74, 6) is 1.81. The molecular formula is C26H46N2O2. The van der Waals surface area contributed by atoms with Gasteiger partial charge in [-0.3, -0.25) is 0 Å². The number of hydrogen-bond acceptors (Lipinski definition) is 4. The molecule has 6 atom stereocenters. The van der Waals surface area contributed by atoms with E-state index in [4.69, 9.17) is 0 Å². The molecule has 0 radical (unpaired) electrons. The molecule has 3 aliphatic rings. The van der Waals surface area contributed by atoms with Crippen molar-refractivity contribution in [2.75, 3.05) is 32.7 Å². The first-order chi connectivity index (χ1) is 14.6. The molecule has 30 heavy (non-hydrogen) atoms. The Hall–Kier alpha value is -0.680. The van der Waals surface area contributed by atoms with Crippen molar-refractivity contribution in [1.29, 1.82) is 0 Å². The monoisotopic (exact) mass is 418 g/mol. The standard InChI is InChI=1S/C26H46N2O2/c1-3-4-7-20(2)16-23(29)8-9-24-25-18-21(17-22(25)19-26(24)30)10-11-27-12-15-28-13-5-6-14-28/h8-9,17,20,22-27,29-30H,3-7,10-16,18-19H2,1-2H3/b9-8+/t20-,22-,23+,24+,25-,26+/m0/s1. The van der Waals surface area contributed by atoms with Crippen LogP contribution in [0.2, 0.25) is 0 Å². The summed E-state index contributed by atoms with van der Waals surface area (Å²) in [6.45, 7) is 10.4. The minimum Gasteiger partial charge on any atom is -0.392 e. The van der Waals surface area contributed by atoms with Crippen molar-refractivity contribution in [2.24, 2.45) is 23.7 Å². The van der Waals surface area contributed by atoms with Gasteiger partial charge in [-0.1, -0.05) is 56.9 Å². The second kappa shape index (κ2) is 12.4. The Balaban J connectivity index is 1.36. The van der Waals surface area contributed by atoms with Crippen molar-refractivity contribution in [3.63, 3.8) is 0 Å². The molecule has 3 rings (SSSR count). The molecule has 0 spiro atoms. The second-order valence-corrected chi connectivity index (χ2v) is 10.2. The van der Waals surface area contributed by atoms with E-state index in [9.17, 15) is 10.2 Å². The molecule has 0 amide bonds. The Labute approximate surface area is 184 Å². The molecule has 4 heteroatoms. The molecule has 1 saturated carbocycles. The van der Waals surface area contributed by atoms with Gasteiger partial charge in [0.15, 0.2) is 0 Å². The molecule has 0 aromatic rings. The van der Waals surface area contributed by atoms with Crippen molar-refractivity contribution < 1.29 is 10.2 Å². The third-order valence-corrected chi connectivity index (χ3v) is 7.63. The lowest BCUT2D eigenvalue weighted by molar-refractivity contribution is 0.139. The van der Waals surface area contributed by atoms with Crippen molar-refractivity contribution >= 4 is 0 Å². The summed E-state index contributed by atoms with van der Waals surface area (Å²) in [4.78, 5) is 2.56. The van der Waals surface area contributed by atoms with Crippen LogP contribution >= 0.6 is 0 Å². The summed E-state index contributed by atoms with van der Waals surface area (Å²) in [6.07, 6.45) is 16.3. The SMILES string of the molecule is CCCC[C@H](C)C[C@H](O)/C=C/[C@@H]1[C@H]2CC(CCNCCN3CCCC3)=C[C@H]2C[C@H]1O. The molecule has 0 unspecified atom stereocenters. The fraction of sp³-hybridized carbons (Fsp3) is 0.846. The molecule has 3 N–H and O–H groups in total. The predicted octanol–water partition coefficient (Wildman–Crippen LogP) is 4.14. The lowest BCUT2D eigenvalue weighted by Crippen LogP contribution is -2.30. The molecule has 1 saturated heterocycles. The van der Waals surface area contributed by atoms with Crippen LogP contribution in [0.1, 0.15) is 71.6 Å². The molecule has 2 aliphatic carbocycles. The third-order valence-electron chi connectivity index (χ3n) is 7.63. The Bertz CT molecular complexity index is 555. The summed E-state index contributed by atoms with van der Waals surface area (Å²) in [5.41, 5.74) is 1.57. The van der Waals surface area contributed by atoms with E-state index in [0.717, 1.165) is 38.8 Å². The van der Waals surface area contributed by atoms with Crippen molar-refractivity contribution in [3.05, 3.63) is 23.8 Å². The quantitative estimate of drug-likeness (QED) is 0.311. The number of allylic oxidation sites excluding steroid dienone is 1. The Morgan fingerprint density at radius 2 is 2.07 bits per heavy atom. The van der Waals surface area contributed by atoms with E-state index in [0.29, 0.717) is 17.8 Å². The highest BCUT2D eigenvalue weighted by atomic mass is 16.3. The number of hydrogen-bond donors (Lipinski definition) is 3. The number of aliphatic hydroxyl groups is 2. The van der Waals surface area contributed by atoms with E-state index in [-0.39, 0.29) is 18.1 Å². The molecule has 4 nitrogen and oxygen atoms in total. The Kier molecular flexibility index (Phi) is 9.89. The molecule has 0 aromatic carbocycles. The van der Waals surface area contributed by atoms with Crippen LogP contribution in [-0.2, 0) is 0 Å². The van der Waals surface area contributed by atoms with Crippen molar-refractivity contribution in [1.82, 2.24) is 10.2 Å². The van der Waals surface area contributed by atoms with Crippen LogP contribution in [0, 0.1) is 23.7 Å². The summed E-state index contributed by atoms with van der Waals surface area (Å²) in [6, 6.07) is 0. The molecule has 2 fully saturated rings. The van der Waals surface area contributed by atoms with E-state index in [2.05, 4.69) is 36.2 Å². The van der Waals surface area contributed by atoms with Gasteiger partial charge in [-0.2, -0.15) is 0 Å². The first-order valence-electron chi connectivity index (χ1n) is 12.7. The maximum absolute atomic E-state index is 10.6. The minimum absolute atomic E-state index is 0.201. The zero-order valence-electron chi connectivity index (χ0n) is 19.4. The normalized spacial score (nSPS) is 31.4. The number of rotatable bonds is 13. The van der Waals surface area contributed by atoms with Crippen LogP contribution < -0.4 is 5.32 Å². The predicted molar refractivity (Wildman–Crippen MR) is 125 cm³/mol. The number of nitrogens with zero attached hydrogens (tertiary/aromatic N) is 1. The van der Waals surface area contributed by atoms with E-state index in [1.165, 1.54) is 51.7 Å². The highest BCUT2D eigenvalue weighted by molar-refractivity contribution is 5.21. The maximum Gasteiger partial charge on any atom is 0.0723 e. The van der Waals surface area contributed by atoms with E-state index >= 15 is 0 Å². The molecular weight excluding hydrogens is 372 g/mol. The number of unbranched alkanes of at least 4 members (excludes halogenated alkanes) is 1. The van der Waals surface area contributed by atoms with Crippen LogP contribution in [-0.4, -0.2) is 60.0 Å². The van der Waals surface area contributed by atoms with Gasteiger partial charge in [-0.25, -0.2) is 0 Å². The van der Waals surface area contributed by atoms with Gasteiger partial charge in [0.2, 0.25) is 0 Å². The average Bonchev–Trinajstić information content (AvgIpc) is 3.42. The highest BCUT2D eigenvalue weighted by Crippen LogP contribution is 2.47. The fourth-order valence-corrected chi connectivity index (χ4v) is 5.83. The Morgan fingerprint density at radius 1 is 1.27 bits per heavy atom. The van der Waals surface area contributed by atoms with Crippen LogP contribution in [0.15, 0.2) is 23.8 Å². The lowest BCUT2D eigenvalue weighted by atomic mass is 9.88. The average molecular weight is 419 g/mol. The van der Waals surface area contributed by atoms with Crippen LogP contribution in [0.25, 0.3) is 0 Å². The van der Waals surface area contributed by atoms with Gasteiger partial charge in [0.05, 0.1) is 12.2 Å². The van der Waals surface area contributed by atoms with Gasteiger partial charge < -0.3 is 20.4 Å². The van der Waals surface area contributed by atoms with Gasteiger partial charge in [0.1, 0.15) is 0 Å². The third kappa shape index (κ3) is 7.19. The molecule has 0 aromatic heterocycles. The first kappa shape index (κ1) is 24.0. The van der Waals surface area contributed by atoms with E-state index in [1.54, 1.807) is 5.57 Å². The van der Waals surface area contributed by atoms with Gasteiger partial charge in [-0.05, 0) is 75.9 Å². The summed E-state index contributed by atoms with van der Waals surface area (Å²) in [5, 5.41) is 24.6. The van der Waals surface area contributed by atoms with Crippen molar-refractivity contribution in [2.45, 2.75) is 83.8 Å². The van der Waals surface area contributed by atoms with Gasteiger partial charge in [0.25, 0.3) is 0 Å². The number of nitrogens with one attached hydrogen (secondary N) is 1. The summed E-state index contributed by atoms with van der Waals surface area (Å²) >= 11 is 0. The summed E-state index contributed by atoms with van der Waals surface area (Å²) < 4.78 is 0. The minimum atomic E-state index is -0.378. The van der Waals surface area contributed by atoms with E-state index in [1.807, 2.05) is 6.08 Å². The number of likely N-dealkylation sites (tertiary alicyclic amines) is 1. The van der Waals surface area contributed by atoms with E-state index < -0.39 is 0 Å². The van der Waals surface area contributed by atoms with Gasteiger partial charge in [-0.15, -0.1) is 0 Å². The van der Waals surface area contributed by atoms with Gasteiger partial charge >= 0.3 is 0 Å². The zero-order chi connectivity index (χ0) is 21.3. The molecule has 1 aliphatic heterocycles. The number of fused-ring (bicyclic) bond motifs is 1. The fourth-order valence-electron chi connectivity index (χ4n) is 5.83. The Morgan fingerprint density at radius 3 is 2.83 bits per heavy atom. The molecule has 172 valence electrons. The summed E-state index contributed by atoms with van der Waals surface area (Å²) in [7, 11) is 0. The lowest BCUT2D eigenvalue weighted by Gasteiger charge is -2.20.